The van der Waals surface area contributed by atoms with E-state index in [1.165, 1.54) is 0 Å². The molecule has 3 rings (SSSR count). The summed E-state index contributed by atoms with van der Waals surface area (Å²) in [6.45, 7) is 4.17. The Bertz CT molecular complexity index is 628. The number of rotatable bonds is 3. The van der Waals surface area contributed by atoms with Gasteiger partial charge in [-0.2, -0.15) is 0 Å². The summed E-state index contributed by atoms with van der Waals surface area (Å²) in [4.78, 5) is 4.54. The Kier molecular flexibility index (Phi) is 2.86. The van der Waals surface area contributed by atoms with E-state index in [0.717, 1.165) is 17.5 Å². The highest BCUT2D eigenvalue weighted by Crippen LogP contribution is 2.54. The monoisotopic (exact) mass is 298 g/mol. The average Bonchev–Trinajstić information content (AvgIpc) is 2.74. The molecule has 0 spiro atoms. The van der Waals surface area contributed by atoms with Gasteiger partial charge in [0.1, 0.15) is 15.8 Å². The first-order valence-electron chi connectivity index (χ1n) is 6.35. The van der Waals surface area contributed by atoms with E-state index in [2.05, 4.69) is 4.98 Å². The fourth-order valence-electron chi connectivity index (χ4n) is 2.42. The Labute approximate surface area is 122 Å². The average molecular weight is 299 g/mol. The van der Waals surface area contributed by atoms with Gasteiger partial charge in [0.05, 0.1) is 11.0 Å². The lowest BCUT2D eigenvalue weighted by molar-refractivity contribution is 0.0649. The van der Waals surface area contributed by atoms with Crippen molar-refractivity contribution >= 4 is 34.2 Å². The van der Waals surface area contributed by atoms with Crippen LogP contribution in [0.5, 0.6) is 0 Å². The van der Waals surface area contributed by atoms with Crippen molar-refractivity contribution in [2.24, 2.45) is 5.92 Å². The van der Waals surface area contributed by atoms with Crippen molar-refractivity contribution in [3.8, 4) is 0 Å². The molecule has 2 aromatic rings. The topological polar surface area (TPSA) is 38.1 Å². The molecule has 1 aromatic heterocycles. The molecule has 0 aliphatic heterocycles. The zero-order valence-electron chi connectivity index (χ0n) is 10.9. The second-order valence-corrected chi connectivity index (χ2v) is 7.30. The molecule has 0 amide bonds. The molecule has 1 unspecified atom stereocenters. The highest BCUT2D eigenvalue weighted by Gasteiger charge is 2.52. The molecule has 0 saturated heterocycles. The summed E-state index contributed by atoms with van der Waals surface area (Å²) in [6.07, 6.45) is 0.786. The molecule has 1 aromatic carbocycles. The van der Waals surface area contributed by atoms with Crippen LogP contribution in [0.25, 0.3) is 11.0 Å². The van der Waals surface area contributed by atoms with E-state index in [1.807, 2.05) is 28.8 Å². The number of hydrogen-bond donors (Lipinski definition) is 1. The van der Waals surface area contributed by atoms with Crippen LogP contribution in [0.2, 0.25) is 0 Å². The number of benzene rings is 1. The third-order valence-corrected chi connectivity index (χ3v) is 4.49. The van der Waals surface area contributed by atoms with E-state index in [9.17, 15) is 5.11 Å². The molecule has 19 heavy (non-hydrogen) atoms. The minimum absolute atomic E-state index is 0.217. The molecular weight excluding hydrogens is 283 g/mol. The van der Waals surface area contributed by atoms with Crippen molar-refractivity contribution in [2.75, 3.05) is 0 Å². The number of hydrogen-bond acceptors (Lipinski definition) is 2. The van der Waals surface area contributed by atoms with Crippen LogP contribution in [0.1, 0.15) is 26.1 Å². The molecule has 1 N–H and O–H groups in total. The zero-order valence-corrected chi connectivity index (χ0v) is 12.4. The number of halogens is 2. The lowest BCUT2D eigenvalue weighted by atomic mass is 10.1. The number of alkyl halides is 2. The van der Waals surface area contributed by atoms with E-state index in [0.29, 0.717) is 12.4 Å². The quantitative estimate of drug-likeness (QED) is 0.881. The Morgan fingerprint density at radius 3 is 2.63 bits per heavy atom. The predicted molar refractivity (Wildman–Crippen MR) is 77.5 cm³/mol. The van der Waals surface area contributed by atoms with E-state index in [1.54, 1.807) is 13.8 Å². The van der Waals surface area contributed by atoms with E-state index >= 15 is 0 Å². The molecule has 1 atom stereocenters. The first-order chi connectivity index (χ1) is 8.79. The standard InChI is InChI=1S/C14H16Cl2N2O/c1-13(2,19)12-17-10-5-3-4-6-11(10)18(12)8-9-7-14(9,15)16/h3-6,9,19H,7-8H2,1-2H3. The van der Waals surface area contributed by atoms with Crippen LogP contribution in [-0.2, 0) is 12.1 Å². The highest BCUT2D eigenvalue weighted by molar-refractivity contribution is 6.50. The smallest absolute Gasteiger partial charge is 0.141 e. The lowest BCUT2D eigenvalue weighted by Gasteiger charge is -2.19. The summed E-state index contributed by atoms with van der Waals surface area (Å²) < 4.78 is 1.41. The third kappa shape index (κ3) is 2.35. The second kappa shape index (κ2) is 4.11. The maximum Gasteiger partial charge on any atom is 0.141 e. The predicted octanol–water partition coefficient (Wildman–Crippen LogP) is 3.46. The SMILES string of the molecule is CC(C)(O)c1nc2ccccc2n1CC1CC1(Cl)Cl. The number of aromatic nitrogens is 2. The van der Waals surface area contributed by atoms with Crippen molar-refractivity contribution < 1.29 is 5.11 Å². The Morgan fingerprint density at radius 1 is 1.42 bits per heavy atom. The second-order valence-electron chi connectivity index (χ2n) is 5.76. The molecule has 1 aliphatic carbocycles. The number of imidazole rings is 1. The van der Waals surface area contributed by atoms with Crippen LogP contribution >= 0.6 is 23.2 Å². The summed E-state index contributed by atoms with van der Waals surface area (Å²) in [6, 6.07) is 7.86. The Morgan fingerprint density at radius 2 is 2.05 bits per heavy atom. The fourth-order valence-corrected chi connectivity index (χ4v) is 2.93. The fraction of sp³-hybridized carbons (Fsp3) is 0.500. The van der Waals surface area contributed by atoms with Crippen LogP contribution in [0.4, 0.5) is 0 Å². The van der Waals surface area contributed by atoms with Gasteiger partial charge in [-0.15, -0.1) is 23.2 Å². The summed E-state index contributed by atoms with van der Waals surface area (Å²) in [7, 11) is 0. The minimum atomic E-state index is -0.991. The van der Waals surface area contributed by atoms with Gasteiger partial charge in [-0.05, 0) is 32.4 Å². The van der Waals surface area contributed by atoms with Crippen LogP contribution < -0.4 is 0 Å². The van der Waals surface area contributed by atoms with E-state index in [4.69, 9.17) is 23.2 Å². The van der Waals surface area contributed by atoms with Gasteiger partial charge >= 0.3 is 0 Å². The Balaban J connectivity index is 2.09. The van der Waals surface area contributed by atoms with Crippen molar-refractivity contribution in [3.05, 3.63) is 30.1 Å². The normalized spacial score (nSPS) is 21.8. The zero-order chi connectivity index (χ0) is 13.8. The Hall–Kier alpha value is -0.770. The van der Waals surface area contributed by atoms with Crippen LogP contribution in [0.15, 0.2) is 24.3 Å². The van der Waals surface area contributed by atoms with Crippen LogP contribution in [0.3, 0.4) is 0 Å². The number of nitrogens with zero attached hydrogens (tertiary/aromatic N) is 2. The van der Waals surface area contributed by atoms with Gasteiger partial charge in [0.25, 0.3) is 0 Å². The van der Waals surface area contributed by atoms with Gasteiger partial charge in [0, 0.05) is 12.5 Å². The third-order valence-electron chi connectivity index (χ3n) is 3.56. The molecule has 5 heteroatoms. The summed E-state index contributed by atoms with van der Waals surface area (Å²) in [5.74, 6) is 0.874. The van der Waals surface area contributed by atoms with Gasteiger partial charge in [0.2, 0.25) is 0 Å². The number of para-hydroxylation sites is 2. The molecule has 102 valence electrons. The summed E-state index contributed by atoms with van der Waals surface area (Å²) >= 11 is 12.2. The maximum atomic E-state index is 10.3. The minimum Gasteiger partial charge on any atom is -0.383 e. The van der Waals surface area contributed by atoms with Gasteiger partial charge in [-0.1, -0.05) is 12.1 Å². The van der Waals surface area contributed by atoms with Crippen LogP contribution in [-0.4, -0.2) is 19.0 Å². The molecule has 1 aliphatic rings. The van der Waals surface area contributed by atoms with Gasteiger partial charge in [0.15, 0.2) is 0 Å². The van der Waals surface area contributed by atoms with Gasteiger partial charge in [-0.3, -0.25) is 0 Å². The number of aliphatic hydroxyl groups is 1. The maximum absolute atomic E-state index is 10.3. The molecule has 1 saturated carbocycles. The van der Waals surface area contributed by atoms with Crippen LogP contribution in [0, 0.1) is 5.92 Å². The lowest BCUT2D eigenvalue weighted by Crippen LogP contribution is -2.23. The van der Waals surface area contributed by atoms with Crippen molar-refractivity contribution in [1.29, 1.82) is 0 Å². The first kappa shape index (κ1) is 13.2. The van der Waals surface area contributed by atoms with E-state index < -0.39 is 9.93 Å². The van der Waals surface area contributed by atoms with Crippen molar-refractivity contribution in [3.63, 3.8) is 0 Å². The first-order valence-corrected chi connectivity index (χ1v) is 7.10. The molecule has 3 nitrogen and oxygen atoms in total. The van der Waals surface area contributed by atoms with Crippen molar-refractivity contribution in [2.45, 2.75) is 36.7 Å². The van der Waals surface area contributed by atoms with Crippen molar-refractivity contribution in [1.82, 2.24) is 9.55 Å². The molecule has 1 heterocycles. The summed E-state index contributed by atoms with van der Waals surface area (Å²) in [5, 5.41) is 10.3. The van der Waals surface area contributed by atoms with Gasteiger partial charge < -0.3 is 9.67 Å². The molecule has 0 bridgehead atoms. The largest absolute Gasteiger partial charge is 0.383 e. The molecular formula is C14H16Cl2N2O. The highest BCUT2D eigenvalue weighted by atomic mass is 35.5. The molecule has 1 fully saturated rings. The van der Waals surface area contributed by atoms with E-state index in [-0.39, 0.29) is 5.92 Å². The summed E-state index contributed by atoms with van der Waals surface area (Å²) in [5.41, 5.74) is 0.903. The molecule has 0 radical (unpaired) electrons. The van der Waals surface area contributed by atoms with Gasteiger partial charge in [-0.25, -0.2) is 4.98 Å². The number of fused-ring (bicyclic) bond motifs is 1.